The summed E-state index contributed by atoms with van der Waals surface area (Å²) in [6.45, 7) is 7.39. The summed E-state index contributed by atoms with van der Waals surface area (Å²) in [6, 6.07) is 0. The van der Waals surface area contributed by atoms with Gasteiger partial charge in [0.05, 0.1) is 6.61 Å². The molecule has 0 amide bonds. The van der Waals surface area contributed by atoms with Crippen LogP contribution in [-0.4, -0.2) is 37.9 Å². The number of esters is 2. The number of hydrogen-bond donors (Lipinski definition) is 0. The predicted octanol–water partition coefficient (Wildman–Crippen LogP) is 15.7. The van der Waals surface area contributed by atoms with E-state index in [2.05, 4.69) is 124 Å². The SMILES string of the molecule is CC/C=C\C/C=C\C/C=C\C/C=C\CCC(=O)OCC(COCCCCCCCC/C=C\C/C=C\C/C=C\CC)OC(=O)CCCCCCC/C=C\C/C=C\CCC. The van der Waals surface area contributed by atoms with Crippen LogP contribution in [-0.2, 0) is 23.8 Å². The summed E-state index contributed by atoms with van der Waals surface area (Å²) in [7, 11) is 0. The molecular formula is C53H86O5. The van der Waals surface area contributed by atoms with Crippen LogP contribution in [0.15, 0.2) is 109 Å². The van der Waals surface area contributed by atoms with Gasteiger partial charge in [-0.15, -0.1) is 0 Å². The highest BCUT2D eigenvalue weighted by Gasteiger charge is 2.17. The van der Waals surface area contributed by atoms with Crippen LogP contribution in [0.5, 0.6) is 0 Å². The summed E-state index contributed by atoms with van der Waals surface area (Å²) in [5, 5.41) is 0. The molecule has 58 heavy (non-hydrogen) atoms. The maximum atomic E-state index is 12.7. The van der Waals surface area contributed by atoms with Gasteiger partial charge in [0.2, 0.25) is 0 Å². The van der Waals surface area contributed by atoms with Crippen LogP contribution in [0.2, 0.25) is 0 Å². The summed E-state index contributed by atoms with van der Waals surface area (Å²) in [6.07, 6.45) is 65.3. The summed E-state index contributed by atoms with van der Waals surface area (Å²) >= 11 is 0. The summed E-state index contributed by atoms with van der Waals surface area (Å²) < 4.78 is 17.2. The number of unbranched alkanes of at least 4 members (excludes halogenated alkanes) is 12. The van der Waals surface area contributed by atoms with Gasteiger partial charge < -0.3 is 14.2 Å². The standard InChI is InChI=1S/C53H86O5/c1-4-7-10-13-16-19-22-25-26-27-30-33-36-39-42-45-48-56-49-51(58-53(55)47-44-41-38-35-32-29-24-21-18-15-12-9-6-3)50-57-52(54)46-43-40-37-34-31-28-23-20-17-14-11-8-5-2/h7-8,10-12,15-17,19-21,24-26,28,31,37,40,51H,4-6,9,13-14,18,22-23,27,29-30,32-36,38-39,41-50H2,1-3H3/b10-7-,11-8-,15-12-,19-16-,20-17-,24-21-,26-25-,31-28-,40-37-. The Bertz CT molecular complexity index is 1180. The van der Waals surface area contributed by atoms with E-state index in [-0.39, 0.29) is 25.2 Å². The van der Waals surface area contributed by atoms with Gasteiger partial charge in [0.25, 0.3) is 0 Å². The molecule has 328 valence electrons. The molecule has 0 aromatic rings. The summed E-state index contributed by atoms with van der Waals surface area (Å²) in [5.74, 6) is -0.524. The van der Waals surface area contributed by atoms with Crippen molar-refractivity contribution in [2.75, 3.05) is 19.8 Å². The molecule has 0 N–H and O–H groups in total. The Balaban J connectivity index is 4.42. The van der Waals surface area contributed by atoms with E-state index < -0.39 is 6.10 Å². The maximum absolute atomic E-state index is 12.7. The highest BCUT2D eigenvalue weighted by molar-refractivity contribution is 5.70. The first-order valence-electron chi connectivity index (χ1n) is 23.4. The number of carbonyl (C=O) groups excluding carboxylic acids is 2. The molecule has 5 nitrogen and oxygen atoms in total. The van der Waals surface area contributed by atoms with Crippen LogP contribution in [0, 0.1) is 0 Å². The molecule has 0 bridgehead atoms. The van der Waals surface area contributed by atoms with E-state index in [9.17, 15) is 9.59 Å². The largest absolute Gasteiger partial charge is 0.462 e. The second-order valence-electron chi connectivity index (χ2n) is 14.9. The monoisotopic (exact) mass is 803 g/mol. The van der Waals surface area contributed by atoms with Gasteiger partial charge in [0, 0.05) is 19.4 Å². The van der Waals surface area contributed by atoms with E-state index in [1.54, 1.807) is 0 Å². The molecule has 0 rings (SSSR count). The van der Waals surface area contributed by atoms with Crippen molar-refractivity contribution >= 4 is 11.9 Å². The van der Waals surface area contributed by atoms with E-state index in [1.807, 2.05) is 6.08 Å². The van der Waals surface area contributed by atoms with Gasteiger partial charge in [0.15, 0.2) is 6.10 Å². The third kappa shape index (κ3) is 45.3. The first-order valence-corrected chi connectivity index (χ1v) is 23.4. The third-order valence-electron chi connectivity index (χ3n) is 9.27. The fourth-order valence-corrected chi connectivity index (χ4v) is 5.87. The lowest BCUT2D eigenvalue weighted by Gasteiger charge is -2.18. The summed E-state index contributed by atoms with van der Waals surface area (Å²) in [4.78, 5) is 25.2. The van der Waals surface area contributed by atoms with Crippen molar-refractivity contribution in [2.24, 2.45) is 0 Å². The van der Waals surface area contributed by atoms with Crippen molar-refractivity contribution in [3.8, 4) is 0 Å². The number of hydrogen-bond acceptors (Lipinski definition) is 5. The normalized spacial score (nSPS) is 13.2. The lowest BCUT2D eigenvalue weighted by molar-refractivity contribution is -0.162. The van der Waals surface area contributed by atoms with Crippen molar-refractivity contribution in [1.29, 1.82) is 0 Å². The molecule has 0 aliphatic rings. The molecule has 0 aromatic carbocycles. The van der Waals surface area contributed by atoms with Crippen molar-refractivity contribution in [2.45, 2.75) is 194 Å². The van der Waals surface area contributed by atoms with Crippen LogP contribution < -0.4 is 0 Å². The van der Waals surface area contributed by atoms with Crippen LogP contribution in [0.1, 0.15) is 188 Å². The second-order valence-corrected chi connectivity index (χ2v) is 14.9. The molecule has 0 saturated carbocycles. The molecule has 0 fully saturated rings. The van der Waals surface area contributed by atoms with Crippen LogP contribution in [0.3, 0.4) is 0 Å². The summed E-state index contributed by atoms with van der Waals surface area (Å²) in [5.41, 5.74) is 0. The zero-order chi connectivity index (χ0) is 42.1. The minimum absolute atomic E-state index is 0.0295. The Hall–Kier alpha value is -3.44. The van der Waals surface area contributed by atoms with E-state index in [0.717, 1.165) is 103 Å². The van der Waals surface area contributed by atoms with E-state index >= 15 is 0 Å². The molecule has 0 radical (unpaired) electrons. The number of allylic oxidation sites excluding steroid dienone is 18. The van der Waals surface area contributed by atoms with E-state index in [1.165, 1.54) is 44.9 Å². The number of carbonyl (C=O) groups is 2. The Morgan fingerprint density at radius 1 is 0.397 bits per heavy atom. The van der Waals surface area contributed by atoms with Crippen LogP contribution >= 0.6 is 0 Å². The number of rotatable bonds is 41. The van der Waals surface area contributed by atoms with Gasteiger partial charge in [-0.2, -0.15) is 0 Å². The molecule has 0 aliphatic carbocycles. The van der Waals surface area contributed by atoms with E-state index in [4.69, 9.17) is 14.2 Å². The zero-order valence-electron chi connectivity index (χ0n) is 37.5. The molecule has 1 unspecified atom stereocenters. The highest BCUT2D eigenvalue weighted by Crippen LogP contribution is 2.11. The van der Waals surface area contributed by atoms with Crippen LogP contribution in [0.4, 0.5) is 0 Å². The Morgan fingerprint density at radius 2 is 0.810 bits per heavy atom. The Labute approximate surface area is 357 Å². The molecular weight excluding hydrogens is 717 g/mol. The average Bonchev–Trinajstić information content (AvgIpc) is 3.22. The third-order valence-corrected chi connectivity index (χ3v) is 9.27. The Kier molecular flexibility index (Phi) is 45.1. The lowest BCUT2D eigenvalue weighted by Crippen LogP contribution is -2.30. The van der Waals surface area contributed by atoms with Crippen molar-refractivity contribution in [1.82, 2.24) is 0 Å². The first kappa shape index (κ1) is 54.6. The topological polar surface area (TPSA) is 61.8 Å². The fraction of sp³-hybridized carbons (Fsp3) is 0.623. The molecule has 5 heteroatoms. The van der Waals surface area contributed by atoms with Gasteiger partial charge in [-0.25, -0.2) is 0 Å². The van der Waals surface area contributed by atoms with E-state index in [0.29, 0.717) is 25.9 Å². The number of ether oxygens (including phenoxy) is 3. The smallest absolute Gasteiger partial charge is 0.306 e. The van der Waals surface area contributed by atoms with Crippen molar-refractivity contribution < 1.29 is 23.8 Å². The average molecular weight is 803 g/mol. The molecule has 0 saturated heterocycles. The second kappa shape index (κ2) is 47.9. The maximum Gasteiger partial charge on any atom is 0.306 e. The Morgan fingerprint density at radius 3 is 1.31 bits per heavy atom. The minimum Gasteiger partial charge on any atom is -0.462 e. The first-order chi connectivity index (χ1) is 28.6. The lowest BCUT2D eigenvalue weighted by atomic mass is 10.1. The van der Waals surface area contributed by atoms with Gasteiger partial charge in [-0.1, -0.05) is 182 Å². The fourth-order valence-electron chi connectivity index (χ4n) is 5.87. The van der Waals surface area contributed by atoms with Crippen molar-refractivity contribution in [3.05, 3.63) is 109 Å². The minimum atomic E-state index is -0.584. The van der Waals surface area contributed by atoms with Gasteiger partial charge >= 0.3 is 11.9 Å². The van der Waals surface area contributed by atoms with Crippen molar-refractivity contribution in [3.63, 3.8) is 0 Å². The predicted molar refractivity (Wildman–Crippen MR) is 251 cm³/mol. The quantitative estimate of drug-likeness (QED) is 0.0350. The van der Waals surface area contributed by atoms with Crippen LogP contribution in [0.25, 0.3) is 0 Å². The molecule has 0 spiro atoms. The highest BCUT2D eigenvalue weighted by atomic mass is 16.6. The molecule has 0 aliphatic heterocycles. The molecule has 0 heterocycles. The molecule has 1 atom stereocenters. The van der Waals surface area contributed by atoms with Gasteiger partial charge in [-0.3, -0.25) is 9.59 Å². The van der Waals surface area contributed by atoms with Gasteiger partial charge in [-0.05, 0) is 103 Å². The molecule has 0 aromatic heterocycles. The zero-order valence-corrected chi connectivity index (χ0v) is 37.5. The van der Waals surface area contributed by atoms with Gasteiger partial charge in [0.1, 0.15) is 6.61 Å².